The number of nitrogens with zero attached hydrogens (tertiary/aromatic N) is 4. The Kier molecular flexibility index (Phi) is 7.67. The first-order chi connectivity index (χ1) is 11.0. The Morgan fingerprint density at radius 1 is 0.920 bits per heavy atom. The molecule has 0 unspecified atom stereocenters. The molecule has 2 fully saturated rings. The molecule has 2 N–H and O–H groups in total. The molecular formula is C15H32ClN5O3S. The topological polar surface area (TPSA) is 90.2 Å². The van der Waals surface area contributed by atoms with Crippen molar-refractivity contribution < 1.29 is 13.2 Å². The number of halogens is 1. The summed E-state index contributed by atoms with van der Waals surface area (Å²) in [7, 11) is -1.44. The standard InChI is InChI=1S/C15H31N5O3S.ClH/c1-15(2,3)13(16)14(21)18-7-11-20(12-8-18)24(22,23)19-9-5-17(4)6-10-19;/h13H,5-12,16H2,1-4H3;1H/t13-;/m1./s1. The molecule has 0 aromatic heterocycles. The normalized spacial score (nSPS) is 23.2. The minimum absolute atomic E-state index is 0. The Hall–Kier alpha value is -0.450. The van der Waals surface area contributed by atoms with Gasteiger partial charge in [0, 0.05) is 52.4 Å². The van der Waals surface area contributed by atoms with Crippen LogP contribution in [0.4, 0.5) is 0 Å². The number of likely N-dealkylation sites (N-methyl/N-ethyl adjacent to an activating group) is 1. The molecule has 2 saturated heterocycles. The third kappa shape index (κ3) is 5.27. The van der Waals surface area contributed by atoms with Gasteiger partial charge in [-0.2, -0.15) is 17.0 Å². The lowest BCUT2D eigenvalue weighted by Crippen LogP contribution is -2.59. The second-order valence-electron chi connectivity index (χ2n) is 7.78. The van der Waals surface area contributed by atoms with Crippen LogP contribution < -0.4 is 5.73 Å². The highest BCUT2D eigenvalue weighted by Crippen LogP contribution is 2.21. The first-order valence-corrected chi connectivity index (χ1v) is 9.91. The van der Waals surface area contributed by atoms with Crippen LogP contribution in [0, 0.1) is 5.41 Å². The zero-order chi connectivity index (χ0) is 18.1. The van der Waals surface area contributed by atoms with E-state index in [9.17, 15) is 13.2 Å². The van der Waals surface area contributed by atoms with Gasteiger partial charge in [0.05, 0.1) is 6.04 Å². The van der Waals surface area contributed by atoms with Crippen LogP contribution in [-0.4, -0.2) is 98.2 Å². The number of amides is 1. The van der Waals surface area contributed by atoms with Gasteiger partial charge in [0.15, 0.2) is 0 Å². The minimum atomic E-state index is -3.44. The maximum Gasteiger partial charge on any atom is 0.282 e. The molecule has 0 radical (unpaired) electrons. The lowest BCUT2D eigenvalue weighted by molar-refractivity contribution is -0.136. The van der Waals surface area contributed by atoms with Gasteiger partial charge in [-0.3, -0.25) is 4.79 Å². The molecule has 0 saturated carbocycles. The SMILES string of the molecule is CN1CCN(S(=O)(=O)N2CCN(C(=O)[C@@H](N)C(C)(C)C)CC2)CC1.Cl. The van der Waals surface area contributed by atoms with E-state index in [2.05, 4.69) is 4.90 Å². The lowest BCUT2D eigenvalue weighted by atomic mass is 9.86. The molecule has 1 atom stereocenters. The average molecular weight is 398 g/mol. The summed E-state index contributed by atoms with van der Waals surface area (Å²) in [5.41, 5.74) is 5.73. The van der Waals surface area contributed by atoms with Crippen LogP contribution in [-0.2, 0) is 15.0 Å². The van der Waals surface area contributed by atoms with Gasteiger partial charge in [-0.1, -0.05) is 20.8 Å². The molecule has 0 bridgehead atoms. The Labute approximate surface area is 157 Å². The van der Waals surface area contributed by atoms with E-state index >= 15 is 0 Å². The Morgan fingerprint density at radius 2 is 1.32 bits per heavy atom. The third-order valence-electron chi connectivity index (χ3n) is 4.86. The smallest absolute Gasteiger partial charge is 0.282 e. The van der Waals surface area contributed by atoms with Crippen LogP contribution in [0.1, 0.15) is 20.8 Å². The van der Waals surface area contributed by atoms with Crippen molar-refractivity contribution in [3.8, 4) is 0 Å². The van der Waals surface area contributed by atoms with E-state index < -0.39 is 16.3 Å². The number of nitrogens with two attached hydrogens (primary N) is 1. The predicted molar refractivity (Wildman–Crippen MR) is 101 cm³/mol. The number of rotatable bonds is 3. The zero-order valence-electron chi connectivity index (χ0n) is 15.6. The highest BCUT2D eigenvalue weighted by molar-refractivity contribution is 7.86. The van der Waals surface area contributed by atoms with Crippen molar-refractivity contribution in [2.24, 2.45) is 11.1 Å². The number of hydrogen-bond acceptors (Lipinski definition) is 5. The van der Waals surface area contributed by atoms with Gasteiger partial charge >= 0.3 is 0 Å². The minimum Gasteiger partial charge on any atom is -0.339 e. The van der Waals surface area contributed by atoms with Crippen LogP contribution in [0.3, 0.4) is 0 Å². The van der Waals surface area contributed by atoms with Gasteiger partial charge < -0.3 is 15.5 Å². The molecule has 0 aromatic carbocycles. The molecule has 2 rings (SSSR count). The Morgan fingerprint density at radius 3 is 1.72 bits per heavy atom. The van der Waals surface area contributed by atoms with Crippen LogP contribution in [0.5, 0.6) is 0 Å². The largest absolute Gasteiger partial charge is 0.339 e. The summed E-state index contributed by atoms with van der Waals surface area (Å²) in [6, 6.07) is -0.571. The molecule has 8 nitrogen and oxygen atoms in total. The van der Waals surface area contributed by atoms with Crippen molar-refractivity contribution in [2.45, 2.75) is 26.8 Å². The maximum atomic E-state index is 12.7. The summed E-state index contributed by atoms with van der Waals surface area (Å²) >= 11 is 0. The molecule has 10 heteroatoms. The van der Waals surface area contributed by atoms with Crippen molar-refractivity contribution in [3.63, 3.8) is 0 Å². The van der Waals surface area contributed by atoms with Crippen LogP contribution in [0.15, 0.2) is 0 Å². The van der Waals surface area contributed by atoms with E-state index in [4.69, 9.17) is 5.73 Å². The molecule has 1 amide bonds. The summed E-state index contributed by atoms with van der Waals surface area (Å²) in [5, 5.41) is 0. The second kappa shape index (κ2) is 8.49. The van der Waals surface area contributed by atoms with E-state index in [1.807, 2.05) is 27.8 Å². The van der Waals surface area contributed by atoms with E-state index in [1.165, 1.54) is 4.31 Å². The van der Waals surface area contributed by atoms with Crippen molar-refractivity contribution >= 4 is 28.5 Å². The summed E-state index contributed by atoms with van der Waals surface area (Å²) in [6.07, 6.45) is 0. The first-order valence-electron chi connectivity index (χ1n) is 8.51. The van der Waals surface area contributed by atoms with Gasteiger partial charge in [0.25, 0.3) is 10.2 Å². The van der Waals surface area contributed by atoms with E-state index in [1.54, 1.807) is 9.21 Å². The second-order valence-corrected chi connectivity index (χ2v) is 9.71. The fourth-order valence-electron chi connectivity index (χ4n) is 2.89. The molecule has 0 aliphatic carbocycles. The summed E-state index contributed by atoms with van der Waals surface area (Å²) in [6.45, 7) is 9.80. The van der Waals surface area contributed by atoms with Crippen molar-refractivity contribution in [1.82, 2.24) is 18.4 Å². The summed E-state index contributed by atoms with van der Waals surface area (Å²) < 4.78 is 28.5. The number of carbonyl (C=O) groups is 1. The molecule has 2 heterocycles. The third-order valence-corrected chi connectivity index (χ3v) is 6.90. The fraction of sp³-hybridized carbons (Fsp3) is 0.933. The van der Waals surface area contributed by atoms with Crippen LogP contribution >= 0.6 is 12.4 Å². The van der Waals surface area contributed by atoms with E-state index in [-0.39, 0.29) is 23.7 Å². The highest BCUT2D eigenvalue weighted by Gasteiger charge is 2.37. The average Bonchev–Trinajstić information content (AvgIpc) is 2.53. The molecule has 148 valence electrons. The molecule has 25 heavy (non-hydrogen) atoms. The quantitative estimate of drug-likeness (QED) is 0.688. The van der Waals surface area contributed by atoms with Gasteiger partial charge in [-0.15, -0.1) is 12.4 Å². The molecular weight excluding hydrogens is 366 g/mol. The fourth-order valence-corrected chi connectivity index (χ4v) is 4.46. The monoisotopic (exact) mass is 397 g/mol. The van der Waals surface area contributed by atoms with Crippen molar-refractivity contribution in [2.75, 3.05) is 59.4 Å². The first kappa shape index (κ1) is 22.6. The van der Waals surface area contributed by atoms with Gasteiger partial charge in [-0.05, 0) is 12.5 Å². The maximum absolute atomic E-state index is 12.7. The number of piperazine rings is 2. The van der Waals surface area contributed by atoms with Gasteiger partial charge in [0.1, 0.15) is 0 Å². The van der Waals surface area contributed by atoms with Gasteiger partial charge in [-0.25, -0.2) is 0 Å². The van der Waals surface area contributed by atoms with Crippen LogP contribution in [0.25, 0.3) is 0 Å². The van der Waals surface area contributed by atoms with E-state index in [0.717, 1.165) is 13.1 Å². The highest BCUT2D eigenvalue weighted by atomic mass is 35.5. The van der Waals surface area contributed by atoms with Crippen molar-refractivity contribution in [1.29, 1.82) is 0 Å². The summed E-state index contributed by atoms with van der Waals surface area (Å²) in [5.74, 6) is -0.0980. The van der Waals surface area contributed by atoms with E-state index in [0.29, 0.717) is 39.3 Å². The zero-order valence-corrected chi connectivity index (χ0v) is 17.3. The van der Waals surface area contributed by atoms with Gasteiger partial charge in [0.2, 0.25) is 5.91 Å². The molecule has 0 aromatic rings. The molecule has 2 aliphatic rings. The lowest BCUT2D eigenvalue weighted by Gasteiger charge is -2.40. The van der Waals surface area contributed by atoms with Crippen LogP contribution in [0.2, 0.25) is 0 Å². The Balaban J connectivity index is 0.00000312. The number of carbonyl (C=O) groups excluding carboxylic acids is 1. The number of hydrogen-bond donors (Lipinski definition) is 1. The summed E-state index contributed by atoms with van der Waals surface area (Å²) in [4.78, 5) is 16.3. The van der Waals surface area contributed by atoms with Crippen molar-refractivity contribution in [3.05, 3.63) is 0 Å². The molecule has 0 spiro atoms. The predicted octanol–water partition coefficient (Wildman–Crippen LogP) is -0.582. The Bertz CT molecular complexity index is 550. The molecule has 2 aliphatic heterocycles.